The molecule has 0 unspecified atom stereocenters. The summed E-state index contributed by atoms with van der Waals surface area (Å²) in [5.74, 6) is -1.24. The Morgan fingerprint density at radius 2 is 0.894 bits per heavy atom. The molecule has 0 aliphatic rings. The number of carboxylic acids is 1. The van der Waals surface area contributed by atoms with Crippen LogP contribution in [0.4, 0.5) is 0 Å². The fourth-order valence-corrected chi connectivity index (χ4v) is 4.85. The van der Waals surface area contributed by atoms with Crippen molar-refractivity contribution in [3.63, 3.8) is 0 Å². The average molecular weight is 629 g/mol. The predicted octanol–water partition coefficient (Wildman–Crippen LogP) is 11.2. The third-order valence-corrected chi connectivity index (χ3v) is 6.63. The summed E-state index contributed by atoms with van der Waals surface area (Å²) in [6.07, 6.45) is 0. The summed E-state index contributed by atoms with van der Waals surface area (Å²) >= 11 is 0. The molecule has 6 aromatic carbocycles. The lowest BCUT2D eigenvalue weighted by atomic mass is 10.0. The number of hydrogen-bond acceptors (Lipinski definition) is 3. The normalized spacial score (nSPS) is 9.28. The molecule has 0 saturated carbocycles. The molecule has 6 rings (SSSR count). The van der Waals surface area contributed by atoms with E-state index in [2.05, 4.69) is 12.1 Å². The van der Waals surface area contributed by atoms with Gasteiger partial charge in [0, 0.05) is 5.56 Å². The molecule has 0 radical (unpaired) electrons. The van der Waals surface area contributed by atoms with Crippen molar-refractivity contribution in [1.82, 2.24) is 0 Å². The number of benzene rings is 6. The predicted molar refractivity (Wildman–Crippen MR) is 200 cm³/mol. The second-order valence-electron chi connectivity index (χ2n) is 9.88. The molecule has 0 aliphatic carbocycles. The highest BCUT2D eigenvalue weighted by Gasteiger charge is 2.08. The number of amides is 1. The lowest BCUT2D eigenvalue weighted by Crippen LogP contribution is -2.11. The van der Waals surface area contributed by atoms with E-state index in [1.165, 1.54) is 0 Å². The van der Waals surface area contributed by atoms with Gasteiger partial charge in [-0.15, -0.1) is 0 Å². The third kappa shape index (κ3) is 11.1. The summed E-state index contributed by atoms with van der Waals surface area (Å²) < 4.78 is 0. The van der Waals surface area contributed by atoms with Crippen molar-refractivity contribution in [2.75, 3.05) is 0 Å². The minimum Gasteiger partial charge on any atom is -0.478 e. The van der Waals surface area contributed by atoms with E-state index < -0.39 is 5.97 Å². The first-order valence-electron chi connectivity index (χ1n) is 16.1. The summed E-state index contributed by atoms with van der Waals surface area (Å²) in [5.41, 5.74) is 10.2. The van der Waals surface area contributed by atoms with Crippen LogP contribution in [0.2, 0.25) is 0 Å². The molecule has 0 bridgehead atoms. The molecule has 244 valence electrons. The number of nitrogens with two attached hydrogens (primary N) is 1. The van der Waals surface area contributed by atoms with Gasteiger partial charge in [-0.3, -0.25) is 4.79 Å². The van der Waals surface area contributed by atoms with E-state index in [1.54, 1.807) is 6.07 Å². The van der Waals surface area contributed by atoms with Gasteiger partial charge in [-0.1, -0.05) is 133 Å². The Morgan fingerprint density at radius 3 is 1.30 bits per heavy atom. The molecule has 5 heteroatoms. The number of carboxylic acid groups (broad SMARTS) is 1. The molecule has 0 fully saturated rings. The number of aromatic carboxylic acids is 1. The van der Waals surface area contributed by atoms with Crippen molar-refractivity contribution in [2.24, 2.45) is 5.73 Å². The number of carbonyl (C=O) groups excluding carboxylic acids is 1. The van der Waals surface area contributed by atoms with Crippen molar-refractivity contribution in [3.05, 3.63) is 143 Å². The van der Waals surface area contributed by atoms with E-state index >= 15 is 0 Å². The first kappa shape index (κ1) is 39.6. The van der Waals surface area contributed by atoms with E-state index in [4.69, 9.17) is 16.1 Å². The van der Waals surface area contributed by atoms with E-state index in [1.807, 2.05) is 159 Å². The summed E-state index contributed by atoms with van der Waals surface area (Å²) in [5, 5.41) is 23.8. The number of nitriles is 1. The van der Waals surface area contributed by atoms with Crippen molar-refractivity contribution in [3.8, 4) is 6.07 Å². The van der Waals surface area contributed by atoms with Crippen LogP contribution in [0.15, 0.2) is 109 Å². The first-order valence-corrected chi connectivity index (χ1v) is 16.1. The zero-order valence-electron chi connectivity index (χ0n) is 29.2. The Labute approximate surface area is 280 Å². The number of hydrogen-bond donors (Lipinski definition) is 2. The summed E-state index contributed by atoms with van der Waals surface area (Å²) in [4.78, 5) is 22.2. The van der Waals surface area contributed by atoms with Crippen LogP contribution in [-0.2, 0) is 0 Å². The fraction of sp³-hybridized carbons (Fsp3) is 0.214. The van der Waals surface area contributed by atoms with Crippen LogP contribution in [-0.4, -0.2) is 17.0 Å². The maximum absolute atomic E-state index is 11.2. The van der Waals surface area contributed by atoms with Crippen LogP contribution < -0.4 is 5.73 Å². The summed E-state index contributed by atoms with van der Waals surface area (Å²) in [6, 6.07) is 37.0. The minimum atomic E-state index is -0.870. The van der Waals surface area contributed by atoms with E-state index in [-0.39, 0.29) is 5.91 Å². The molecule has 0 atom stereocenters. The van der Waals surface area contributed by atoms with Gasteiger partial charge in [0.25, 0.3) is 0 Å². The van der Waals surface area contributed by atoms with Gasteiger partial charge in [0.2, 0.25) is 5.91 Å². The smallest absolute Gasteiger partial charge is 0.336 e. The zero-order valence-corrected chi connectivity index (χ0v) is 29.2. The summed E-state index contributed by atoms with van der Waals surface area (Å²) in [6.45, 7) is 17.9. The number of carbonyl (C=O) groups is 2. The van der Waals surface area contributed by atoms with Crippen molar-refractivity contribution >= 4 is 44.2 Å². The maximum Gasteiger partial charge on any atom is 0.336 e. The van der Waals surface area contributed by atoms with E-state index in [0.29, 0.717) is 11.1 Å². The van der Waals surface area contributed by atoms with Crippen LogP contribution >= 0.6 is 0 Å². The van der Waals surface area contributed by atoms with Gasteiger partial charge < -0.3 is 10.8 Å². The van der Waals surface area contributed by atoms with Crippen molar-refractivity contribution < 1.29 is 14.7 Å². The second-order valence-corrected chi connectivity index (χ2v) is 9.88. The number of fused-ring (bicyclic) bond motifs is 3. The van der Waals surface area contributed by atoms with Gasteiger partial charge in [-0.05, 0) is 88.0 Å². The van der Waals surface area contributed by atoms with Gasteiger partial charge >= 0.3 is 5.97 Å². The van der Waals surface area contributed by atoms with Crippen LogP contribution in [0, 0.1) is 32.1 Å². The zero-order chi connectivity index (χ0) is 35.5. The van der Waals surface area contributed by atoms with Gasteiger partial charge in [-0.2, -0.15) is 5.26 Å². The Kier molecular flexibility index (Phi) is 17.3. The van der Waals surface area contributed by atoms with Gasteiger partial charge in [-0.25, -0.2) is 4.79 Å². The molecule has 0 heterocycles. The van der Waals surface area contributed by atoms with Gasteiger partial charge in [0.05, 0.1) is 17.2 Å². The minimum absolute atomic E-state index is 0.370. The van der Waals surface area contributed by atoms with E-state index in [0.717, 1.165) is 54.6 Å². The topological polar surface area (TPSA) is 104 Å². The Morgan fingerprint density at radius 1 is 0.553 bits per heavy atom. The first-order chi connectivity index (χ1) is 22.7. The standard InChI is InChI=1S/C12H11NO.C12H9N.C12H10O2.3C2H6/c1-8-6-9-4-2-3-5-10(9)11(7-8)12(13)14;1-9-6-10-4-2-3-5-12(10)11(7-9)8-13;1-8-6-9-4-2-3-5-10(9)11(7-8)12(13)14;3*1-2/h2-7H,1H3,(H2,13,14);2-7H,1H3;2-7H,1H3,(H,13,14);3*1-2H3. The lowest BCUT2D eigenvalue weighted by molar-refractivity contribution is 0.0698. The second kappa shape index (κ2) is 20.5. The molecular weight excluding hydrogens is 580 g/mol. The van der Waals surface area contributed by atoms with Crippen LogP contribution in [0.1, 0.15) is 84.5 Å². The van der Waals surface area contributed by atoms with Crippen LogP contribution in [0.25, 0.3) is 32.3 Å². The molecule has 0 saturated heterocycles. The van der Waals surface area contributed by atoms with Crippen molar-refractivity contribution in [2.45, 2.75) is 62.3 Å². The van der Waals surface area contributed by atoms with Gasteiger partial charge in [0.15, 0.2) is 0 Å². The molecule has 0 spiro atoms. The quantitative estimate of drug-likeness (QED) is 0.199. The molecule has 3 N–H and O–H groups in total. The highest BCUT2D eigenvalue weighted by atomic mass is 16.4. The highest BCUT2D eigenvalue weighted by molar-refractivity contribution is 6.06. The maximum atomic E-state index is 11.2. The number of nitrogens with zero attached hydrogens (tertiary/aromatic N) is 1. The van der Waals surface area contributed by atoms with Crippen molar-refractivity contribution in [1.29, 1.82) is 5.26 Å². The van der Waals surface area contributed by atoms with E-state index in [9.17, 15) is 9.59 Å². The fourth-order valence-electron chi connectivity index (χ4n) is 4.85. The monoisotopic (exact) mass is 628 g/mol. The lowest BCUT2D eigenvalue weighted by Gasteiger charge is -2.04. The third-order valence-electron chi connectivity index (χ3n) is 6.63. The Hall–Kier alpha value is -5.47. The van der Waals surface area contributed by atoms with Crippen LogP contribution in [0.5, 0.6) is 0 Å². The molecule has 6 aromatic rings. The number of primary amides is 1. The summed E-state index contributed by atoms with van der Waals surface area (Å²) in [7, 11) is 0. The van der Waals surface area contributed by atoms with Crippen LogP contribution in [0.3, 0.4) is 0 Å². The molecule has 5 nitrogen and oxygen atoms in total. The molecule has 1 amide bonds. The molecule has 0 aromatic heterocycles. The molecular formula is C42H48N2O3. The largest absolute Gasteiger partial charge is 0.478 e. The highest BCUT2D eigenvalue weighted by Crippen LogP contribution is 2.22. The Balaban J connectivity index is 0.000000326. The SMILES string of the molecule is CC.CC.CC.Cc1cc(C#N)c2ccccc2c1.Cc1cc(C(=O)O)c2ccccc2c1.Cc1cc(C(N)=O)c2ccccc2c1. The van der Waals surface area contributed by atoms with Gasteiger partial charge in [0.1, 0.15) is 0 Å². The number of rotatable bonds is 2. The molecule has 0 aliphatic heterocycles. The average Bonchev–Trinajstić information content (AvgIpc) is 3.10. The number of aryl methyl sites for hydroxylation is 3. The Bertz CT molecular complexity index is 1860. The molecule has 47 heavy (non-hydrogen) atoms.